The Morgan fingerprint density at radius 2 is 1.78 bits per heavy atom. The lowest BCUT2D eigenvalue weighted by atomic mass is 10.1. The Morgan fingerprint density at radius 3 is 2.44 bits per heavy atom. The SMILES string of the molecule is Cc1cc2sc(=NC(=O)CCS(=O)(=O)c3ccc(F)cc3)n(C)c2cc1C. The number of halogens is 1. The van der Waals surface area contributed by atoms with E-state index in [2.05, 4.69) is 11.1 Å². The molecule has 0 radical (unpaired) electrons. The highest BCUT2D eigenvalue weighted by molar-refractivity contribution is 7.91. The topological polar surface area (TPSA) is 68.5 Å². The number of carbonyl (C=O) groups excluding carboxylic acids is 1. The maximum Gasteiger partial charge on any atom is 0.249 e. The highest BCUT2D eigenvalue weighted by Crippen LogP contribution is 2.21. The second kappa shape index (κ2) is 7.36. The highest BCUT2D eigenvalue weighted by Gasteiger charge is 2.16. The lowest BCUT2D eigenvalue weighted by Gasteiger charge is -2.02. The van der Waals surface area contributed by atoms with Crippen molar-refractivity contribution in [3.63, 3.8) is 0 Å². The van der Waals surface area contributed by atoms with E-state index in [1.54, 1.807) is 0 Å². The van der Waals surface area contributed by atoms with Gasteiger partial charge in [-0.3, -0.25) is 4.79 Å². The van der Waals surface area contributed by atoms with E-state index in [1.807, 2.05) is 31.5 Å². The minimum atomic E-state index is -3.66. The predicted molar refractivity (Wildman–Crippen MR) is 104 cm³/mol. The summed E-state index contributed by atoms with van der Waals surface area (Å²) in [7, 11) is -1.83. The molecule has 1 heterocycles. The van der Waals surface area contributed by atoms with Crippen molar-refractivity contribution in [2.45, 2.75) is 25.2 Å². The van der Waals surface area contributed by atoms with Crippen molar-refractivity contribution in [3.05, 3.63) is 58.1 Å². The molecule has 3 rings (SSSR count). The molecule has 0 bridgehead atoms. The first-order chi connectivity index (χ1) is 12.7. The monoisotopic (exact) mass is 406 g/mol. The van der Waals surface area contributed by atoms with Gasteiger partial charge < -0.3 is 4.57 Å². The maximum absolute atomic E-state index is 12.9. The number of rotatable bonds is 4. The van der Waals surface area contributed by atoms with Crippen LogP contribution in [0.15, 0.2) is 46.3 Å². The molecule has 1 aromatic heterocycles. The Labute approximate surface area is 160 Å². The summed E-state index contributed by atoms with van der Waals surface area (Å²) >= 11 is 1.39. The van der Waals surface area contributed by atoms with Gasteiger partial charge in [0.1, 0.15) is 5.82 Å². The fraction of sp³-hybridized carbons (Fsp3) is 0.263. The van der Waals surface area contributed by atoms with Crippen LogP contribution in [0.1, 0.15) is 17.5 Å². The molecular weight excluding hydrogens is 387 g/mol. The van der Waals surface area contributed by atoms with Gasteiger partial charge in [-0.05, 0) is 61.4 Å². The Morgan fingerprint density at radius 1 is 1.15 bits per heavy atom. The lowest BCUT2D eigenvalue weighted by Crippen LogP contribution is -2.16. The second-order valence-electron chi connectivity index (χ2n) is 6.38. The number of aryl methyl sites for hydroxylation is 3. The molecular formula is C19H19FN2O3S2. The first kappa shape index (κ1) is 19.4. The number of hydrogen-bond donors (Lipinski definition) is 0. The summed E-state index contributed by atoms with van der Waals surface area (Å²) in [5, 5.41) is 0. The van der Waals surface area contributed by atoms with Crippen molar-refractivity contribution in [1.29, 1.82) is 0 Å². The molecule has 0 saturated heterocycles. The van der Waals surface area contributed by atoms with Gasteiger partial charge in [-0.2, -0.15) is 4.99 Å². The molecule has 0 N–H and O–H groups in total. The van der Waals surface area contributed by atoms with Crippen LogP contribution in [0.3, 0.4) is 0 Å². The first-order valence-electron chi connectivity index (χ1n) is 8.30. The molecule has 142 valence electrons. The van der Waals surface area contributed by atoms with Gasteiger partial charge in [-0.1, -0.05) is 11.3 Å². The predicted octanol–water partition coefficient (Wildman–Crippen LogP) is 3.29. The van der Waals surface area contributed by atoms with E-state index in [0.717, 1.165) is 33.5 Å². The third-order valence-electron chi connectivity index (χ3n) is 4.40. The quantitative estimate of drug-likeness (QED) is 0.625. The fourth-order valence-electron chi connectivity index (χ4n) is 2.63. The Hall–Kier alpha value is -2.32. The van der Waals surface area contributed by atoms with Crippen LogP contribution in [0, 0.1) is 19.7 Å². The smallest absolute Gasteiger partial charge is 0.249 e. The number of thiazole rings is 1. The van der Waals surface area contributed by atoms with Crippen LogP contribution in [0.5, 0.6) is 0 Å². The summed E-state index contributed by atoms with van der Waals surface area (Å²) < 4.78 is 40.3. The van der Waals surface area contributed by atoms with Crippen LogP contribution in [0.4, 0.5) is 4.39 Å². The Kier molecular flexibility index (Phi) is 5.30. The van der Waals surface area contributed by atoms with Gasteiger partial charge in [0, 0.05) is 13.5 Å². The molecule has 1 amide bonds. The minimum absolute atomic E-state index is 0.00457. The summed E-state index contributed by atoms with van der Waals surface area (Å²) in [6.45, 7) is 4.05. The van der Waals surface area contributed by atoms with E-state index in [4.69, 9.17) is 0 Å². The van der Waals surface area contributed by atoms with Gasteiger partial charge in [0.25, 0.3) is 0 Å². The fourth-order valence-corrected chi connectivity index (χ4v) is 4.98. The highest BCUT2D eigenvalue weighted by atomic mass is 32.2. The first-order valence-corrected chi connectivity index (χ1v) is 10.8. The molecule has 0 aliphatic rings. The van der Waals surface area contributed by atoms with Gasteiger partial charge in [-0.25, -0.2) is 12.8 Å². The number of fused-ring (bicyclic) bond motifs is 1. The van der Waals surface area contributed by atoms with Crippen molar-refractivity contribution in [1.82, 2.24) is 4.57 Å². The number of aromatic nitrogens is 1. The number of nitrogens with zero attached hydrogens (tertiary/aromatic N) is 2. The third-order valence-corrected chi connectivity index (χ3v) is 7.23. The standard InChI is InChI=1S/C19H19FN2O3S2/c1-12-10-16-17(11-13(12)2)26-19(22(16)3)21-18(23)8-9-27(24,25)15-6-4-14(20)5-7-15/h4-7,10-11H,8-9H2,1-3H3. The summed E-state index contributed by atoms with van der Waals surface area (Å²) in [6, 6.07) is 8.66. The summed E-state index contributed by atoms with van der Waals surface area (Å²) in [5.41, 5.74) is 3.29. The molecule has 0 fully saturated rings. The van der Waals surface area contributed by atoms with Crippen molar-refractivity contribution in [3.8, 4) is 0 Å². The maximum atomic E-state index is 12.9. The molecule has 0 aliphatic heterocycles. The Bertz CT molecular complexity index is 1190. The van der Waals surface area contributed by atoms with Gasteiger partial charge >= 0.3 is 0 Å². The number of amides is 1. The summed E-state index contributed by atoms with van der Waals surface area (Å²) in [5.74, 6) is -1.38. The molecule has 5 nitrogen and oxygen atoms in total. The van der Waals surface area contributed by atoms with E-state index in [-0.39, 0.29) is 17.1 Å². The van der Waals surface area contributed by atoms with Crippen molar-refractivity contribution < 1.29 is 17.6 Å². The van der Waals surface area contributed by atoms with Gasteiger partial charge in [0.2, 0.25) is 5.91 Å². The molecule has 3 aromatic rings. The van der Waals surface area contributed by atoms with Crippen LogP contribution in [-0.4, -0.2) is 24.6 Å². The normalized spacial score (nSPS) is 12.7. The van der Waals surface area contributed by atoms with Crippen LogP contribution >= 0.6 is 11.3 Å². The average Bonchev–Trinajstić information content (AvgIpc) is 2.89. The molecule has 0 unspecified atom stereocenters. The number of benzene rings is 2. The second-order valence-corrected chi connectivity index (χ2v) is 9.49. The lowest BCUT2D eigenvalue weighted by molar-refractivity contribution is -0.117. The number of carbonyl (C=O) groups is 1. The van der Waals surface area contributed by atoms with E-state index < -0.39 is 21.6 Å². The van der Waals surface area contributed by atoms with Crippen LogP contribution < -0.4 is 4.80 Å². The van der Waals surface area contributed by atoms with E-state index in [9.17, 15) is 17.6 Å². The Balaban J connectivity index is 1.82. The zero-order valence-electron chi connectivity index (χ0n) is 15.2. The minimum Gasteiger partial charge on any atom is -0.319 e. The van der Waals surface area contributed by atoms with Crippen LogP contribution in [0.2, 0.25) is 0 Å². The molecule has 0 aliphatic carbocycles. The average molecular weight is 407 g/mol. The van der Waals surface area contributed by atoms with Gasteiger partial charge in [0.15, 0.2) is 14.6 Å². The zero-order valence-corrected chi connectivity index (χ0v) is 16.8. The summed E-state index contributed by atoms with van der Waals surface area (Å²) in [6.07, 6.45) is -0.230. The van der Waals surface area contributed by atoms with Crippen LogP contribution in [-0.2, 0) is 21.7 Å². The summed E-state index contributed by atoms with van der Waals surface area (Å²) in [4.78, 5) is 16.8. The van der Waals surface area contributed by atoms with Gasteiger partial charge in [-0.15, -0.1) is 0 Å². The number of sulfone groups is 1. The zero-order chi connectivity index (χ0) is 19.8. The molecule has 0 saturated carbocycles. The van der Waals surface area contributed by atoms with Crippen molar-refractivity contribution in [2.75, 3.05) is 5.75 Å². The van der Waals surface area contributed by atoms with Crippen LogP contribution in [0.25, 0.3) is 10.2 Å². The van der Waals surface area contributed by atoms with E-state index in [1.165, 1.54) is 23.5 Å². The molecule has 2 aromatic carbocycles. The molecule has 0 atom stereocenters. The van der Waals surface area contributed by atoms with Crippen molar-refractivity contribution in [2.24, 2.45) is 12.0 Å². The van der Waals surface area contributed by atoms with E-state index >= 15 is 0 Å². The van der Waals surface area contributed by atoms with E-state index in [0.29, 0.717) is 4.80 Å². The molecule has 27 heavy (non-hydrogen) atoms. The molecule has 0 spiro atoms. The third kappa shape index (κ3) is 4.17. The van der Waals surface area contributed by atoms with Gasteiger partial charge in [0.05, 0.1) is 20.9 Å². The number of hydrogen-bond acceptors (Lipinski definition) is 4. The largest absolute Gasteiger partial charge is 0.319 e. The molecule has 8 heteroatoms. The van der Waals surface area contributed by atoms with Crippen molar-refractivity contribution >= 4 is 37.3 Å².